The molecule has 1 aliphatic heterocycles. The average molecular weight is 670 g/mol. The lowest BCUT2D eigenvalue weighted by Gasteiger charge is -2.36. The fourth-order valence-electron chi connectivity index (χ4n) is 6.89. The van der Waals surface area contributed by atoms with Crippen LogP contribution in [0.5, 0.6) is 0 Å². The SMILES string of the molecule is CCOC(C)C(=O)N[C@@H](C(=O)N1CCN(C)CC1)[C@@H](C)c1ccc(NC(=O)[C@@H](NC(O)c2ccnn2CC)C(C2CC2)C2CC2)c(F)c1. The summed E-state index contributed by atoms with van der Waals surface area (Å²) in [6, 6.07) is 4.56. The second-order valence-corrected chi connectivity index (χ2v) is 13.6. The number of nitrogens with zero attached hydrogens (tertiary/aromatic N) is 4. The number of likely N-dealkylation sites (N-methyl/N-ethyl adjacent to an activating group) is 1. The molecular weight excluding hydrogens is 617 g/mol. The molecule has 5 rings (SSSR count). The van der Waals surface area contributed by atoms with Crippen LogP contribution in [0, 0.1) is 23.6 Å². The van der Waals surface area contributed by atoms with E-state index in [-0.39, 0.29) is 17.5 Å². The van der Waals surface area contributed by atoms with Crippen molar-refractivity contribution in [2.45, 2.75) is 90.3 Å². The smallest absolute Gasteiger partial charge is 0.249 e. The van der Waals surface area contributed by atoms with Crippen molar-refractivity contribution < 1.29 is 28.6 Å². The summed E-state index contributed by atoms with van der Waals surface area (Å²) in [7, 11) is 2.00. The van der Waals surface area contributed by atoms with Crippen molar-refractivity contribution >= 4 is 23.4 Å². The predicted molar refractivity (Wildman–Crippen MR) is 179 cm³/mol. The van der Waals surface area contributed by atoms with E-state index in [9.17, 15) is 19.5 Å². The molecule has 0 radical (unpaired) electrons. The van der Waals surface area contributed by atoms with E-state index in [0.29, 0.717) is 49.3 Å². The molecule has 5 atom stereocenters. The number of hydrogen-bond acceptors (Lipinski definition) is 8. The standard InChI is InChI=1S/C35H52FN7O5/c1-6-43-28(14-15-37-43)33(45)40-31(29(23-8-9-23)24-10-11-24)34(46)38-27-13-12-25(20-26(27)36)21(3)30(39-32(44)22(4)48-7-2)35(47)42-18-16-41(5)17-19-42/h12-15,20-24,29-31,33,40,45H,6-11,16-19H2,1-5H3,(H,38,46)(H,39,44)/t21-,22?,30+,31-,33?/m0/s1. The quantitative estimate of drug-likeness (QED) is 0.200. The number of halogens is 1. The summed E-state index contributed by atoms with van der Waals surface area (Å²) in [5.41, 5.74) is 1.08. The first kappa shape index (κ1) is 35.9. The number of nitrogens with one attached hydrogen (secondary N) is 3. The molecule has 1 saturated heterocycles. The van der Waals surface area contributed by atoms with E-state index < -0.39 is 48.0 Å². The van der Waals surface area contributed by atoms with Crippen LogP contribution in [0.15, 0.2) is 30.5 Å². The van der Waals surface area contributed by atoms with Gasteiger partial charge in [0.25, 0.3) is 0 Å². The van der Waals surface area contributed by atoms with Crippen LogP contribution in [0.1, 0.15) is 76.8 Å². The summed E-state index contributed by atoms with van der Waals surface area (Å²) >= 11 is 0. The van der Waals surface area contributed by atoms with Crippen LogP contribution < -0.4 is 16.0 Å². The fourth-order valence-corrected chi connectivity index (χ4v) is 6.89. The average Bonchev–Trinajstić information content (AvgIpc) is 4.03. The Labute approximate surface area is 282 Å². The molecule has 3 aliphatic rings. The van der Waals surface area contributed by atoms with Crippen LogP contribution in [0.25, 0.3) is 0 Å². The van der Waals surface area contributed by atoms with Crippen molar-refractivity contribution in [3.8, 4) is 0 Å². The van der Waals surface area contributed by atoms with Gasteiger partial charge in [-0.05, 0) is 95.0 Å². The van der Waals surface area contributed by atoms with E-state index in [4.69, 9.17) is 4.74 Å². The normalized spacial score (nSPS) is 20.2. The number of aromatic nitrogens is 2. The number of piperazine rings is 1. The summed E-state index contributed by atoms with van der Waals surface area (Å²) in [4.78, 5) is 44.6. The first-order valence-electron chi connectivity index (χ1n) is 17.5. The minimum Gasteiger partial charge on any atom is -0.373 e. The molecule has 2 unspecified atom stereocenters. The lowest BCUT2D eigenvalue weighted by atomic mass is 9.88. The van der Waals surface area contributed by atoms with Crippen molar-refractivity contribution in [1.82, 2.24) is 30.2 Å². The maximum atomic E-state index is 15.8. The van der Waals surface area contributed by atoms with Crippen LogP contribution in [-0.2, 0) is 25.7 Å². The van der Waals surface area contributed by atoms with Gasteiger partial charge in [0.2, 0.25) is 17.7 Å². The number of rotatable bonds is 16. The Morgan fingerprint density at radius 2 is 1.67 bits per heavy atom. The second kappa shape index (κ2) is 15.9. The minimum absolute atomic E-state index is 0.0112. The highest BCUT2D eigenvalue weighted by Gasteiger charge is 2.48. The van der Waals surface area contributed by atoms with Crippen molar-refractivity contribution in [2.75, 3.05) is 45.2 Å². The predicted octanol–water partition coefficient (Wildman–Crippen LogP) is 2.85. The highest BCUT2D eigenvalue weighted by atomic mass is 19.1. The molecule has 3 amide bonds. The molecule has 2 heterocycles. The summed E-state index contributed by atoms with van der Waals surface area (Å²) in [6.07, 6.45) is 3.87. The number of aliphatic hydroxyl groups is 1. The number of aryl methyl sites for hydroxylation is 1. The molecule has 13 heteroatoms. The topological polar surface area (TPSA) is 141 Å². The molecule has 12 nitrogen and oxygen atoms in total. The number of benzene rings is 1. The van der Waals surface area contributed by atoms with Crippen LogP contribution >= 0.6 is 0 Å². The van der Waals surface area contributed by atoms with Gasteiger partial charge in [-0.2, -0.15) is 5.10 Å². The number of ether oxygens (including phenoxy) is 1. The fraction of sp³-hybridized carbons (Fsp3) is 0.657. The summed E-state index contributed by atoms with van der Waals surface area (Å²) < 4.78 is 23.0. The molecule has 2 aliphatic carbocycles. The van der Waals surface area contributed by atoms with E-state index >= 15 is 4.39 Å². The van der Waals surface area contributed by atoms with E-state index in [1.165, 1.54) is 12.1 Å². The zero-order chi connectivity index (χ0) is 34.5. The number of hydrogen-bond donors (Lipinski definition) is 4. The Morgan fingerprint density at radius 1 is 1.00 bits per heavy atom. The van der Waals surface area contributed by atoms with Crippen LogP contribution in [0.2, 0.25) is 0 Å². The number of amides is 3. The van der Waals surface area contributed by atoms with Gasteiger partial charge in [0.1, 0.15) is 24.2 Å². The van der Waals surface area contributed by atoms with Crippen molar-refractivity contribution in [1.29, 1.82) is 0 Å². The number of carbonyl (C=O) groups is 3. The molecule has 0 spiro atoms. The van der Waals surface area contributed by atoms with Gasteiger partial charge in [0.15, 0.2) is 0 Å². The van der Waals surface area contributed by atoms with Crippen LogP contribution in [-0.4, -0.2) is 100 Å². The maximum absolute atomic E-state index is 15.8. The molecule has 3 fully saturated rings. The van der Waals surface area contributed by atoms with E-state index in [1.54, 1.807) is 48.7 Å². The van der Waals surface area contributed by atoms with Gasteiger partial charge in [0, 0.05) is 51.4 Å². The van der Waals surface area contributed by atoms with Gasteiger partial charge in [-0.3, -0.25) is 24.4 Å². The lowest BCUT2D eigenvalue weighted by Crippen LogP contribution is -2.56. The van der Waals surface area contributed by atoms with Gasteiger partial charge in [-0.15, -0.1) is 0 Å². The van der Waals surface area contributed by atoms with Gasteiger partial charge in [-0.1, -0.05) is 13.0 Å². The number of carbonyl (C=O) groups excluding carboxylic acids is 3. The van der Waals surface area contributed by atoms with Crippen molar-refractivity contribution in [2.24, 2.45) is 17.8 Å². The van der Waals surface area contributed by atoms with E-state index in [1.807, 2.05) is 14.0 Å². The number of anilines is 1. The molecule has 2 saturated carbocycles. The van der Waals surface area contributed by atoms with Crippen LogP contribution in [0.4, 0.5) is 10.1 Å². The summed E-state index contributed by atoms with van der Waals surface area (Å²) in [5, 5.41) is 24.2. The molecule has 4 N–H and O–H groups in total. The maximum Gasteiger partial charge on any atom is 0.249 e. The Bertz CT molecular complexity index is 1410. The molecule has 1 aromatic carbocycles. The van der Waals surface area contributed by atoms with Crippen molar-refractivity contribution in [3.63, 3.8) is 0 Å². The first-order chi connectivity index (χ1) is 23.0. The first-order valence-corrected chi connectivity index (χ1v) is 17.5. The largest absolute Gasteiger partial charge is 0.373 e. The van der Waals surface area contributed by atoms with Gasteiger partial charge in [-0.25, -0.2) is 4.39 Å². The Hall–Kier alpha value is -3.39. The molecule has 1 aromatic heterocycles. The number of aliphatic hydroxyl groups excluding tert-OH is 1. The van der Waals surface area contributed by atoms with Crippen LogP contribution in [0.3, 0.4) is 0 Å². The third kappa shape index (κ3) is 8.60. The van der Waals surface area contributed by atoms with Gasteiger partial charge < -0.3 is 30.3 Å². The minimum atomic E-state index is -1.12. The highest BCUT2D eigenvalue weighted by molar-refractivity contribution is 5.95. The van der Waals surface area contributed by atoms with Gasteiger partial charge >= 0.3 is 0 Å². The second-order valence-electron chi connectivity index (χ2n) is 13.6. The molecule has 264 valence electrons. The molecule has 2 aromatic rings. The zero-order valence-electron chi connectivity index (χ0n) is 28.8. The van der Waals surface area contributed by atoms with Gasteiger partial charge in [0.05, 0.1) is 17.4 Å². The zero-order valence-corrected chi connectivity index (χ0v) is 28.8. The van der Waals surface area contributed by atoms with E-state index in [0.717, 1.165) is 38.8 Å². The van der Waals surface area contributed by atoms with Crippen molar-refractivity contribution in [3.05, 3.63) is 47.5 Å². The third-order valence-electron chi connectivity index (χ3n) is 10.1. The van der Waals surface area contributed by atoms with E-state index in [2.05, 4.69) is 25.9 Å². The molecular formula is C35H52FN7O5. The summed E-state index contributed by atoms with van der Waals surface area (Å²) in [6.45, 7) is 10.6. The molecule has 0 bridgehead atoms. The molecule has 48 heavy (non-hydrogen) atoms. The highest BCUT2D eigenvalue weighted by Crippen LogP contribution is 2.51. The third-order valence-corrected chi connectivity index (χ3v) is 10.1. The Balaban J connectivity index is 1.34. The lowest BCUT2D eigenvalue weighted by molar-refractivity contribution is -0.141. The summed E-state index contributed by atoms with van der Waals surface area (Å²) in [5.74, 6) is -1.47. The Morgan fingerprint density at radius 3 is 2.25 bits per heavy atom. The monoisotopic (exact) mass is 669 g/mol. The Kier molecular flexibility index (Phi) is 11.9.